The van der Waals surface area contributed by atoms with Crippen LogP contribution in [0.5, 0.6) is 11.6 Å². The number of benzene rings is 1. The molecule has 0 fully saturated rings. The predicted molar refractivity (Wildman–Crippen MR) is 92.5 cm³/mol. The largest absolute Gasteiger partial charge is 0.465 e. The summed E-state index contributed by atoms with van der Waals surface area (Å²) in [7, 11) is 1.35. The number of carbonyl (C=O) groups is 1. The molecule has 0 N–H and O–H groups in total. The fraction of sp³-hybridized carbons (Fsp3) is 0.158. The van der Waals surface area contributed by atoms with Crippen molar-refractivity contribution in [3.05, 3.63) is 66.1 Å². The molecule has 6 nitrogen and oxygen atoms in total. The second-order valence-electron chi connectivity index (χ2n) is 5.23. The zero-order valence-electron chi connectivity index (χ0n) is 14.0. The van der Waals surface area contributed by atoms with E-state index in [9.17, 15) is 4.79 Å². The Kier molecular flexibility index (Phi) is 4.99. The zero-order chi connectivity index (χ0) is 17.6. The number of aromatic nitrogens is 3. The summed E-state index contributed by atoms with van der Waals surface area (Å²) >= 11 is 0. The molecule has 0 amide bonds. The van der Waals surface area contributed by atoms with Crippen LogP contribution in [-0.4, -0.2) is 28.0 Å². The Balaban J connectivity index is 1.88. The molecule has 0 saturated carbocycles. The molecule has 2 heterocycles. The minimum absolute atomic E-state index is 0.387. The molecule has 0 aliphatic carbocycles. The monoisotopic (exact) mass is 335 g/mol. The van der Waals surface area contributed by atoms with Gasteiger partial charge in [0.1, 0.15) is 5.75 Å². The summed E-state index contributed by atoms with van der Waals surface area (Å²) in [6.07, 6.45) is 4.16. The Morgan fingerprint density at radius 3 is 2.40 bits per heavy atom. The lowest BCUT2D eigenvalue weighted by Gasteiger charge is -2.09. The maximum absolute atomic E-state index is 11.5. The number of esters is 1. The van der Waals surface area contributed by atoms with E-state index < -0.39 is 0 Å². The van der Waals surface area contributed by atoms with E-state index in [1.54, 1.807) is 42.7 Å². The van der Waals surface area contributed by atoms with Crippen molar-refractivity contribution < 1.29 is 14.3 Å². The number of rotatable bonds is 5. The average Bonchev–Trinajstić information content (AvgIpc) is 2.68. The first-order valence-electron chi connectivity index (χ1n) is 7.84. The quantitative estimate of drug-likeness (QED) is 0.662. The van der Waals surface area contributed by atoms with E-state index >= 15 is 0 Å². The summed E-state index contributed by atoms with van der Waals surface area (Å²) in [5.41, 5.74) is 2.21. The van der Waals surface area contributed by atoms with E-state index in [4.69, 9.17) is 4.74 Å². The summed E-state index contributed by atoms with van der Waals surface area (Å²) in [6.45, 7) is 2.02. The van der Waals surface area contributed by atoms with Crippen molar-refractivity contribution >= 4 is 5.97 Å². The summed E-state index contributed by atoms with van der Waals surface area (Å²) in [6, 6.07) is 12.2. The third-order valence-corrected chi connectivity index (χ3v) is 3.55. The minimum atomic E-state index is -0.387. The van der Waals surface area contributed by atoms with Crippen LogP contribution in [0.4, 0.5) is 0 Å². The summed E-state index contributed by atoms with van der Waals surface area (Å²) in [4.78, 5) is 24.5. The molecule has 3 rings (SSSR count). The molecule has 126 valence electrons. The van der Waals surface area contributed by atoms with Gasteiger partial charge in [0.25, 0.3) is 0 Å². The van der Waals surface area contributed by atoms with Gasteiger partial charge < -0.3 is 9.47 Å². The molecule has 0 radical (unpaired) electrons. The van der Waals surface area contributed by atoms with Crippen molar-refractivity contribution in [1.82, 2.24) is 15.0 Å². The molecule has 0 bridgehead atoms. The van der Waals surface area contributed by atoms with Crippen molar-refractivity contribution in [2.45, 2.75) is 13.3 Å². The molecule has 0 aliphatic heterocycles. The SMILES string of the molecule is CCc1cc(Oc2ccc(C(=O)OC)cc2)nc(-c2ccncc2)n1. The van der Waals surface area contributed by atoms with Gasteiger partial charge in [-0.1, -0.05) is 6.92 Å². The van der Waals surface area contributed by atoms with Gasteiger partial charge in [-0.3, -0.25) is 4.98 Å². The topological polar surface area (TPSA) is 74.2 Å². The highest BCUT2D eigenvalue weighted by molar-refractivity contribution is 5.89. The number of methoxy groups -OCH3 is 1. The number of hydrogen-bond donors (Lipinski definition) is 0. The van der Waals surface area contributed by atoms with Gasteiger partial charge in [-0.15, -0.1) is 0 Å². The number of carbonyl (C=O) groups excluding carboxylic acids is 1. The van der Waals surface area contributed by atoms with Gasteiger partial charge >= 0.3 is 5.97 Å². The van der Waals surface area contributed by atoms with Gasteiger partial charge in [0, 0.05) is 29.7 Å². The van der Waals surface area contributed by atoms with Crippen molar-refractivity contribution in [2.75, 3.05) is 7.11 Å². The lowest BCUT2D eigenvalue weighted by Crippen LogP contribution is -2.01. The normalized spacial score (nSPS) is 10.3. The van der Waals surface area contributed by atoms with Gasteiger partial charge in [-0.25, -0.2) is 9.78 Å². The Hall–Kier alpha value is -3.28. The van der Waals surface area contributed by atoms with Crippen molar-refractivity contribution in [3.8, 4) is 23.0 Å². The predicted octanol–water partition coefficient (Wildman–Crippen LogP) is 3.68. The number of hydrogen-bond acceptors (Lipinski definition) is 6. The van der Waals surface area contributed by atoms with Gasteiger partial charge in [-0.05, 0) is 42.8 Å². The first-order chi connectivity index (χ1) is 12.2. The molecule has 0 aliphatic rings. The van der Waals surface area contributed by atoms with Crippen LogP contribution in [0, 0.1) is 0 Å². The molecule has 0 unspecified atom stereocenters. The maximum atomic E-state index is 11.5. The third-order valence-electron chi connectivity index (χ3n) is 3.55. The number of nitrogens with zero attached hydrogens (tertiary/aromatic N) is 3. The van der Waals surface area contributed by atoms with Crippen LogP contribution in [-0.2, 0) is 11.2 Å². The van der Waals surface area contributed by atoms with Gasteiger partial charge in [-0.2, -0.15) is 4.98 Å². The molecule has 2 aromatic heterocycles. The Morgan fingerprint density at radius 2 is 1.76 bits per heavy atom. The second kappa shape index (κ2) is 7.53. The average molecular weight is 335 g/mol. The van der Waals surface area contributed by atoms with Crippen LogP contribution >= 0.6 is 0 Å². The number of ether oxygens (including phenoxy) is 2. The first kappa shape index (κ1) is 16.6. The van der Waals surface area contributed by atoms with E-state index in [0.29, 0.717) is 23.0 Å². The van der Waals surface area contributed by atoms with Crippen molar-refractivity contribution in [2.24, 2.45) is 0 Å². The first-order valence-corrected chi connectivity index (χ1v) is 7.84. The lowest BCUT2D eigenvalue weighted by atomic mass is 10.2. The maximum Gasteiger partial charge on any atom is 0.337 e. The summed E-state index contributed by atoms with van der Waals surface area (Å²) in [5, 5.41) is 0. The van der Waals surface area contributed by atoms with E-state index in [2.05, 4.69) is 19.7 Å². The third kappa shape index (κ3) is 3.98. The van der Waals surface area contributed by atoms with Gasteiger partial charge in [0.2, 0.25) is 5.88 Å². The van der Waals surface area contributed by atoms with Crippen molar-refractivity contribution in [1.29, 1.82) is 0 Å². The zero-order valence-corrected chi connectivity index (χ0v) is 14.0. The summed E-state index contributed by atoms with van der Waals surface area (Å²) < 4.78 is 10.5. The highest BCUT2D eigenvalue weighted by atomic mass is 16.5. The van der Waals surface area contributed by atoms with Crippen molar-refractivity contribution in [3.63, 3.8) is 0 Å². The molecule has 6 heteroatoms. The van der Waals surface area contributed by atoms with Crippen LogP contribution in [0.15, 0.2) is 54.9 Å². The molecular formula is C19H17N3O3. The Bertz CT molecular complexity index is 865. The Labute approximate surface area is 145 Å². The van der Waals surface area contributed by atoms with E-state index in [0.717, 1.165) is 17.7 Å². The molecule has 1 aromatic carbocycles. The Morgan fingerprint density at radius 1 is 1.04 bits per heavy atom. The van der Waals surface area contributed by atoms with Crippen LogP contribution in [0.2, 0.25) is 0 Å². The highest BCUT2D eigenvalue weighted by Crippen LogP contribution is 2.24. The number of aryl methyl sites for hydroxylation is 1. The van der Waals surface area contributed by atoms with E-state index in [1.165, 1.54) is 7.11 Å². The smallest absolute Gasteiger partial charge is 0.337 e. The number of pyridine rings is 1. The van der Waals surface area contributed by atoms with Crippen LogP contribution in [0.3, 0.4) is 0 Å². The van der Waals surface area contributed by atoms with Crippen LogP contribution in [0.25, 0.3) is 11.4 Å². The fourth-order valence-electron chi connectivity index (χ4n) is 2.23. The molecular weight excluding hydrogens is 318 g/mol. The van der Waals surface area contributed by atoms with E-state index in [1.807, 2.05) is 19.1 Å². The molecule has 0 saturated heterocycles. The molecule has 0 spiro atoms. The van der Waals surface area contributed by atoms with E-state index in [-0.39, 0.29) is 5.97 Å². The lowest BCUT2D eigenvalue weighted by molar-refractivity contribution is 0.0600. The molecule has 0 atom stereocenters. The second-order valence-corrected chi connectivity index (χ2v) is 5.23. The molecule has 25 heavy (non-hydrogen) atoms. The standard InChI is InChI=1S/C19H17N3O3/c1-3-15-12-17(22-18(21-15)13-8-10-20-11-9-13)25-16-6-4-14(5-7-16)19(23)24-2/h4-12H,3H2,1-2H3. The van der Waals surface area contributed by atoms with Gasteiger partial charge in [0.05, 0.1) is 12.7 Å². The summed E-state index contributed by atoms with van der Waals surface area (Å²) in [5.74, 6) is 1.23. The van der Waals surface area contributed by atoms with Gasteiger partial charge in [0.15, 0.2) is 5.82 Å². The molecule has 3 aromatic rings. The fourth-order valence-corrected chi connectivity index (χ4v) is 2.23. The highest BCUT2D eigenvalue weighted by Gasteiger charge is 2.09. The van der Waals surface area contributed by atoms with Crippen LogP contribution in [0.1, 0.15) is 23.0 Å². The van der Waals surface area contributed by atoms with Crippen LogP contribution < -0.4 is 4.74 Å². The minimum Gasteiger partial charge on any atom is -0.465 e.